The molecule has 5 nitrogen and oxygen atoms in total. The minimum atomic E-state index is -0.933. The molecule has 1 aliphatic heterocycles. The van der Waals surface area contributed by atoms with Gasteiger partial charge in [0, 0.05) is 12.4 Å². The summed E-state index contributed by atoms with van der Waals surface area (Å²) in [5.74, 6) is 0.429. The van der Waals surface area contributed by atoms with E-state index in [-0.39, 0.29) is 12.6 Å². The van der Waals surface area contributed by atoms with Crippen molar-refractivity contribution in [3.8, 4) is 0 Å². The van der Waals surface area contributed by atoms with E-state index in [1.807, 2.05) is 0 Å². The molecule has 1 aromatic heterocycles. The van der Waals surface area contributed by atoms with Crippen LogP contribution < -0.4 is 0 Å². The van der Waals surface area contributed by atoms with E-state index in [0.717, 1.165) is 0 Å². The normalized spacial score (nSPS) is 33.0. The molecule has 0 amide bonds. The molecule has 0 radical (unpaired) electrons. The van der Waals surface area contributed by atoms with Gasteiger partial charge < -0.3 is 19.9 Å². The van der Waals surface area contributed by atoms with Crippen molar-refractivity contribution in [3.05, 3.63) is 18.2 Å². The highest BCUT2D eigenvalue weighted by Gasteiger charge is 2.32. The molecule has 0 bridgehead atoms. The number of hydrogen-bond donors (Lipinski definition) is 3. The van der Waals surface area contributed by atoms with Gasteiger partial charge in [-0.15, -0.1) is 0 Å². The summed E-state index contributed by atoms with van der Waals surface area (Å²) in [4.78, 5) is 3.93. The molecule has 2 heterocycles. The number of nitrogens with zero attached hydrogens (tertiary/aromatic N) is 2. The molecule has 0 saturated heterocycles. The van der Waals surface area contributed by atoms with Gasteiger partial charge in [-0.3, -0.25) is 0 Å². The summed E-state index contributed by atoms with van der Waals surface area (Å²) in [7, 11) is 0. The number of aromatic nitrogens is 2. The lowest BCUT2D eigenvalue weighted by atomic mass is 10.00. The molecule has 5 heteroatoms. The fraction of sp³-hybridized carbons (Fsp3) is 0.625. The minimum Gasteiger partial charge on any atom is -0.394 e. The first kappa shape index (κ1) is 8.68. The molecular weight excluding hydrogens is 172 g/mol. The third-order valence-electron chi connectivity index (χ3n) is 2.45. The molecule has 0 saturated carbocycles. The second kappa shape index (κ2) is 3.10. The molecule has 0 spiro atoms. The first-order valence-corrected chi connectivity index (χ1v) is 4.23. The van der Waals surface area contributed by atoms with E-state index in [9.17, 15) is 10.2 Å². The maximum atomic E-state index is 9.52. The lowest BCUT2D eigenvalue weighted by molar-refractivity contribution is -0.0256. The van der Waals surface area contributed by atoms with Crippen LogP contribution in [-0.2, 0) is 0 Å². The lowest BCUT2D eigenvalue weighted by Crippen LogP contribution is -2.33. The Balaban J connectivity index is 2.38. The van der Waals surface area contributed by atoms with Gasteiger partial charge in [-0.2, -0.15) is 0 Å². The first-order valence-electron chi connectivity index (χ1n) is 4.23. The Labute approximate surface area is 75.3 Å². The number of aliphatic hydroxyl groups excluding tert-OH is 3. The standard InChI is InChI=1S/C8H12N2O3/c11-4-5-3-6(12)7(13)8-9-1-2-10(5)8/h1-2,5-7,11-13H,3-4H2. The number of fused-ring (bicyclic) bond motifs is 1. The van der Waals surface area contributed by atoms with E-state index in [0.29, 0.717) is 12.2 Å². The van der Waals surface area contributed by atoms with Crippen LogP contribution >= 0.6 is 0 Å². The Bertz CT molecular complexity index is 289. The Kier molecular flexibility index (Phi) is 2.07. The van der Waals surface area contributed by atoms with E-state index in [4.69, 9.17) is 5.11 Å². The molecule has 13 heavy (non-hydrogen) atoms. The fourth-order valence-electron chi connectivity index (χ4n) is 1.72. The predicted molar refractivity (Wildman–Crippen MR) is 43.9 cm³/mol. The fourth-order valence-corrected chi connectivity index (χ4v) is 1.72. The van der Waals surface area contributed by atoms with E-state index >= 15 is 0 Å². The zero-order chi connectivity index (χ0) is 9.42. The van der Waals surface area contributed by atoms with Crippen LogP contribution in [0.3, 0.4) is 0 Å². The number of aliphatic hydroxyl groups is 3. The SMILES string of the molecule is OCC1CC(O)C(O)c2nccn21. The summed E-state index contributed by atoms with van der Waals surface area (Å²) in [6.07, 6.45) is 1.86. The summed E-state index contributed by atoms with van der Waals surface area (Å²) in [6.45, 7) is -0.0485. The van der Waals surface area contributed by atoms with Crippen LogP contribution in [0.25, 0.3) is 0 Å². The highest BCUT2D eigenvalue weighted by molar-refractivity contribution is 5.05. The quantitative estimate of drug-likeness (QED) is 0.534. The Hall–Kier alpha value is -0.910. The average molecular weight is 184 g/mol. The summed E-state index contributed by atoms with van der Waals surface area (Å²) in [5, 5.41) is 28.0. The van der Waals surface area contributed by atoms with Gasteiger partial charge in [0.15, 0.2) is 0 Å². The molecule has 2 rings (SSSR count). The zero-order valence-electron chi connectivity index (χ0n) is 7.04. The molecule has 3 unspecified atom stereocenters. The van der Waals surface area contributed by atoms with E-state index in [1.54, 1.807) is 17.0 Å². The third-order valence-corrected chi connectivity index (χ3v) is 2.45. The molecule has 72 valence electrons. The van der Waals surface area contributed by atoms with Gasteiger partial charge in [-0.1, -0.05) is 0 Å². The molecule has 3 N–H and O–H groups in total. The average Bonchev–Trinajstić information content (AvgIpc) is 2.60. The minimum absolute atomic E-state index is 0.0485. The van der Waals surface area contributed by atoms with Crippen LogP contribution in [0.2, 0.25) is 0 Å². The molecular formula is C8H12N2O3. The van der Waals surface area contributed by atoms with Crippen molar-refractivity contribution in [2.45, 2.75) is 24.7 Å². The Morgan fingerprint density at radius 2 is 2.31 bits per heavy atom. The topological polar surface area (TPSA) is 78.5 Å². The lowest BCUT2D eigenvalue weighted by Gasteiger charge is -2.30. The Morgan fingerprint density at radius 1 is 1.54 bits per heavy atom. The largest absolute Gasteiger partial charge is 0.394 e. The van der Waals surface area contributed by atoms with Crippen molar-refractivity contribution in [3.63, 3.8) is 0 Å². The summed E-state index contributed by atoms with van der Waals surface area (Å²) < 4.78 is 1.71. The number of hydrogen-bond acceptors (Lipinski definition) is 4. The van der Waals surface area contributed by atoms with E-state index < -0.39 is 12.2 Å². The van der Waals surface area contributed by atoms with Gasteiger partial charge in [0.25, 0.3) is 0 Å². The van der Waals surface area contributed by atoms with Crippen LogP contribution in [0.4, 0.5) is 0 Å². The van der Waals surface area contributed by atoms with Gasteiger partial charge in [-0.25, -0.2) is 4.98 Å². The predicted octanol–water partition coefficient (Wildman–Crippen LogP) is -0.786. The summed E-state index contributed by atoms with van der Waals surface area (Å²) >= 11 is 0. The third kappa shape index (κ3) is 1.25. The highest BCUT2D eigenvalue weighted by Crippen LogP contribution is 2.30. The van der Waals surface area contributed by atoms with Gasteiger partial charge in [-0.05, 0) is 6.42 Å². The molecule has 3 atom stereocenters. The second-order valence-corrected chi connectivity index (χ2v) is 3.28. The van der Waals surface area contributed by atoms with Crippen LogP contribution in [0, 0.1) is 0 Å². The number of rotatable bonds is 1. The van der Waals surface area contributed by atoms with Gasteiger partial charge >= 0.3 is 0 Å². The van der Waals surface area contributed by atoms with Crippen molar-refractivity contribution in [1.29, 1.82) is 0 Å². The van der Waals surface area contributed by atoms with Crippen molar-refractivity contribution in [2.24, 2.45) is 0 Å². The van der Waals surface area contributed by atoms with Crippen molar-refractivity contribution < 1.29 is 15.3 Å². The Morgan fingerprint density at radius 3 is 3.00 bits per heavy atom. The van der Waals surface area contributed by atoms with Crippen molar-refractivity contribution in [2.75, 3.05) is 6.61 Å². The van der Waals surface area contributed by atoms with Gasteiger partial charge in [0.05, 0.1) is 18.8 Å². The molecule has 1 aliphatic rings. The van der Waals surface area contributed by atoms with Crippen molar-refractivity contribution in [1.82, 2.24) is 9.55 Å². The molecule has 0 aromatic carbocycles. The molecule has 0 fully saturated rings. The van der Waals surface area contributed by atoms with Gasteiger partial charge in [0.2, 0.25) is 0 Å². The van der Waals surface area contributed by atoms with Crippen LogP contribution in [0.1, 0.15) is 24.4 Å². The van der Waals surface area contributed by atoms with E-state index in [2.05, 4.69) is 4.98 Å². The van der Waals surface area contributed by atoms with Crippen LogP contribution in [0.5, 0.6) is 0 Å². The smallest absolute Gasteiger partial charge is 0.140 e. The maximum Gasteiger partial charge on any atom is 0.140 e. The first-order chi connectivity index (χ1) is 6.24. The molecule has 1 aromatic rings. The maximum absolute atomic E-state index is 9.52. The number of imidazole rings is 1. The highest BCUT2D eigenvalue weighted by atomic mass is 16.3. The monoisotopic (exact) mass is 184 g/mol. The van der Waals surface area contributed by atoms with Crippen LogP contribution in [0.15, 0.2) is 12.4 Å². The van der Waals surface area contributed by atoms with Gasteiger partial charge in [0.1, 0.15) is 11.9 Å². The summed E-state index contributed by atoms with van der Waals surface area (Å²) in [6, 6.07) is -0.170. The second-order valence-electron chi connectivity index (χ2n) is 3.28. The van der Waals surface area contributed by atoms with Crippen LogP contribution in [-0.4, -0.2) is 37.6 Å². The molecule has 0 aliphatic carbocycles. The zero-order valence-corrected chi connectivity index (χ0v) is 7.04. The van der Waals surface area contributed by atoms with E-state index in [1.165, 1.54) is 0 Å². The summed E-state index contributed by atoms with van der Waals surface area (Å²) in [5.41, 5.74) is 0. The van der Waals surface area contributed by atoms with Crippen molar-refractivity contribution >= 4 is 0 Å².